The Morgan fingerprint density at radius 1 is 1.11 bits per heavy atom. The van der Waals surface area contributed by atoms with E-state index in [0.717, 1.165) is 41.3 Å². The Hall–Kier alpha value is -2.56. The van der Waals surface area contributed by atoms with Crippen molar-refractivity contribution in [2.24, 2.45) is 15.4 Å². The van der Waals surface area contributed by atoms with Gasteiger partial charge >= 0.3 is 0 Å². The SMILES string of the molecule is C/C=C1/C(N2CCC3(CC2)Cc2ccccc2C3)=NC=CN1Cc1ccc(C)c(/C(Cl)=N\C)c1Cl. The second-order valence-corrected chi connectivity index (χ2v) is 10.6. The van der Waals surface area contributed by atoms with Crippen molar-refractivity contribution in [2.45, 2.75) is 46.1 Å². The number of allylic oxidation sites excluding steroid dienone is 1. The fourth-order valence-electron chi connectivity index (χ4n) is 5.84. The highest BCUT2D eigenvalue weighted by Gasteiger charge is 2.40. The van der Waals surface area contributed by atoms with Gasteiger partial charge in [0.15, 0.2) is 5.84 Å². The van der Waals surface area contributed by atoms with E-state index in [1.54, 1.807) is 18.2 Å². The largest absolute Gasteiger partial charge is 0.355 e. The molecule has 3 aliphatic rings. The highest BCUT2D eigenvalue weighted by Crippen LogP contribution is 2.45. The van der Waals surface area contributed by atoms with E-state index in [4.69, 9.17) is 28.2 Å². The molecule has 0 saturated carbocycles. The van der Waals surface area contributed by atoms with Crippen LogP contribution < -0.4 is 0 Å². The Bertz CT molecular complexity index is 1220. The van der Waals surface area contributed by atoms with Crippen molar-refractivity contribution in [3.05, 3.63) is 93.4 Å². The van der Waals surface area contributed by atoms with Gasteiger partial charge < -0.3 is 9.80 Å². The van der Waals surface area contributed by atoms with E-state index in [1.807, 2.05) is 19.3 Å². The molecule has 2 aromatic rings. The van der Waals surface area contributed by atoms with Crippen LogP contribution in [0.3, 0.4) is 0 Å². The second kappa shape index (κ2) is 9.83. The minimum atomic E-state index is 0.410. The van der Waals surface area contributed by atoms with Gasteiger partial charge in [0.05, 0.1) is 10.7 Å². The summed E-state index contributed by atoms with van der Waals surface area (Å²) in [6.07, 6.45) is 10.9. The summed E-state index contributed by atoms with van der Waals surface area (Å²) >= 11 is 13.2. The quantitative estimate of drug-likeness (QED) is 0.431. The topological polar surface area (TPSA) is 31.2 Å². The van der Waals surface area contributed by atoms with E-state index in [2.05, 4.69) is 64.2 Å². The highest BCUT2D eigenvalue weighted by molar-refractivity contribution is 6.70. The molecule has 0 N–H and O–H groups in total. The predicted molar refractivity (Wildman–Crippen MR) is 147 cm³/mol. The van der Waals surface area contributed by atoms with Crippen LogP contribution in [0.15, 0.2) is 70.6 Å². The van der Waals surface area contributed by atoms with Crippen LogP contribution in [0.1, 0.15) is 47.6 Å². The molecule has 5 rings (SSSR count). The molecule has 2 aromatic carbocycles. The van der Waals surface area contributed by atoms with Gasteiger partial charge in [0.2, 0.25) is 0 Å². The molecule has 1 aliphatic carbocycles. The molecule has 182 valence electrons. The van der Waals surface area contributed by atoms with Gasteiger partial charge in [0.1, 0.15) is 5.17 Å². The zero-order valence-electron chi connectivity index (χ0n) is 20.7. The molecule has 0 unspecified atom stereocenters. The third kappa shape index (κ3) is 4.54. The monoisotopic (exact) mass is 506 g/mol. The molecule has 1 spiro atoms. The number of likely N-dealkylation sites (tertiary alicyclic amines) is 1. The molecule has 0 aromatic heterocycles. The Balaban J connectivity index is 1.31. The normalized spacial score (nSPS) is 20.5. The molecule has 4 nitrogen and oxygen atoms in total. The average Bonchev–Trinajstić information content (AvgIpc) is 3.23. The minimum absolute atomic E-state index is 0.410. The van der Waals surface area contributed by atoms with Crippen LogP contribution in [0.25, 0.3) is 0 Å². The maximum absolute atomic E-state index is 6.81. The van der Waals surface area contributed by atoms with E-state index in [0.29, 0.717) is 22.2 Å². The summed E-state index contributed by atoms with van der Waals surface area (Å²) in [7, 11) is 1.69. The Morgan fingerprint density at radius 3 is 2.43 bits per heavy atom. The molecule has 2 heterocycles. The first-order valence-electron chi connectivity index (χ1n) is 12.3. The van der Waals surface area contributed by atoms with Crippen LogP contribution in [0.5, 0.6) is 0 Å². The van der Waals surface area contributed by atoms with Crippen LogP contribution in [0.4, 0.5) is 0 Å². The summed E-state index contributed by atoms with van der Waals surface area (Å²) in [5, 5.41) is 1.10. The summed E-state index contributed by atoms with van der Waals surface area (Å²) in [6.45, 7) is 6.79. The van der Waals surface area contributed by atoms with E-state index in [9.17, 15) is 0 Å². The van der Waals surface area contributed by atoms with Crippen molar-refractivity contribution in [3.63, 3.8) is 0 Å². The van der Waals surface area contributed by atoms with Gasteiger partial charge in [-0.15, -0.1) is 0 Å². The van der Waals surface area contributed by atoms with Crippen LogP contribution >= 0.6 is 23.2 Å². The van der Waals surface area contributed by atoms with Gasteiger partial charge in [0, 0.05) is 44.6 Å². The number of hydrogen-bond acceptors (Lipinski definition) is 4. The zero-order valence-corrected chi connectivity index (χ0v) is 22.2. The summed E-state index contributed by atoms with van der Waals surface area (Å²) in [6, 6.07) is 13.1. The molecule has 1 saturated heterocycles. The predicted octanol–water partition coefficient (Wildman–Crippen LogP) is 6.73. The smallest absolute Gasteiger partial charge is 0.152 e. The minimum Gasteiger partial charge on any atom is -0.355 e. The van der Waals surface area contributed by atoms with E-state index < -0.39 is 0 Å². The third-order valence-corrected chi connectivity index (χ3v) is 8.59. The number of hydrogen-bond donors (Lipinski definition) is 0. The molecule has 6 heteroatoms. The number of halogens is 2. The molecular weight excluding hydrogens is 475 g/mol. The van der Waals surface area contributed by atoms with Gasteiger partial charge in [-0.1, -0.05) is 65.7 Å². The van der Waals surface area contributed by atoms with Crippen molar-refractivity contribution >= 4 is 34.2 Å². The molecule has 2 aliphatic heterocycles. The Kier molecular flexibility index (Phi) is 6.78. The third-order valence-electron chi connectivity index (χ3n) is 7.80. The van der Waals surface area contributed by atoms with Gasteiger partial charge in [-0.25, -0.2) is 4.99 Å². The molecule has 1 fully saturated rings. The standard InChI is InChI=1S/C29H32Cl2N4/c1-4-24-28(34-14-11-29(12-15-34)17-21-7-5-6-8-22(21)18-29)33-13-16-35(24)19-23-10-9-20(2)25(26(23)30)27(31)32-3/h4-10,13,16H,11-12,14-15,17-19H2,1-3H3/b24-4-,32-27+. The first-order chi connectivity index (χ1) is 16.9. The van der Waals surface area contributed by atoms with E-state index >= 15 is 0 Å². The number of rotatable bonds is 3. The van der Waals surface area contributed by atoms with E-state index in [-0.39, 0.29) is 0 Å². The Labute approximate surface area is 218 Å². The van der Waals surface area contributed by atoms with Crippen LogP contribution in [-0.4, -0.2) is 40.9 Å². The highest BCUT2D eigenvalue weighted by atomic mass is 35.5. The van der Waals surface area contributed by atoms with Crippen LogP contribution in [-0.2, 0) is 19.4 Å². The van der Waals surface area contributed by atoms with Crippen molar-refractivity contribution in [3.8, 4) is 0 Å². The first kappa shape index (κ1) is 24.1. The number of nitrogens with zero attached hydrogens (tertiary/aromatic N) is 4. The molecule has 0 bridgehead atoms. The van der Waals surface area contributed by atoms with Gasteiger partial charge in [-0.2, -0.15) is 0 Å². The maximum Gasteiger partial charge on any atom is 0.152 e. The number of aryl methyl sites for hydroxylation is 1. The number of piperidine rings is 1. The van der Waals surface area contributed by atoms with Crippen molar-refractivity contribution in [1.82, 2.24) is 9.80 Å². The van der Waals surface area contributed by atoms with Crippen molar-refractivity contribution in [1.29, 1.82) is 0 Å². The van der Waals surface area contributed by atoms with Crippen molar-refractivity contribution < 1.29 is 0 Å². The lowest BCUT2D eigenvalue weighted by molar-refractivity contribution is 0.157. The number of aliphatic imine (C=N–C) groups is 2. The molecule has 0 amide bonds. The average molecular weight is 508 g/mol. The fraction of sp³-hybridized carbons (Fsp3) is 0.379. The molecular formula is C29H32Cl2N4. The number of benzene rings is 2. The van der Waals surface area contributed by atoms with Crippen molar-refractivity contribution in [2.75, 3.05) is 20.1 Å². The summed E-state index contributed by atoms with van der Waals surface area (Å²) in [5.74, 6) is 1.05. The summed E-state index contributed by atoms with van der Waals surface area (Å²) in [5.41, 5.74) is 7.46. The van der Waals surface area contributed by atoms with Gasteiger partial charge in [0.25, 0.3) is 0 Å². The lowest BCUT2D eigenvalue weighted by Gasteiger charge is -2.42. The van der Waals surface area contributed by atoms with Gasteiger partial charge in [-0.05, 0) is 67.2 Å². The second-order valence-electron chi connectivity index (χ2n) is 9.91. The maximum atomic E-state index is 6.81. The lowest BCUT2D eigenvalue weighted by atomic mass is 9.76. The summed E-state index contributed by atoms with van der Waals surface area (Å²) in [4.78, 5) is 13.7. The number of amidine groups is 1. The first-order valence-corrected chi connectivity index (χ1v) is 13.1. The molecule has 0 radical (unpaired) electrons. The summed E-state index contributed by atoms with van der Waals surface area (Å²) < 4.78 is 0. The van der Waals surface area contributed by atoms with Gasteiger partial charge in [-0.3, -0.25) is 4.99 Å². The number of fused-ring (bicyclic) bond motifs is 1. The van der Waals surface area contributed by atoms with Crippen LogP contribution in [0, 0.1) is 12.3 Å². The fourth-order valence-corrected chi connectivity index (χ4v) is 6.49. The van der Waals surface area contributed by atoms with E-state index in [1.165, 1.54) is 25.7 Å². The van der Waals surface area contributed by atoms with Crippen LogP contribution in [0.2, 0.25) is 5.02 Å². The molecule has 35 heavy (non-hydrogen) atoms. The Morgan fingerprint density at radius 2 is 1.80 bits per heavy atom. The molecule has 0 atom stereocenters. The lowest BCUT2D eigenvalue weighted by Crippen LogP contribution is -2.46. The zero-order chi connectivity index (χ0) is 24.6.